The van der Waals surface area contributed by atoms with Gasteiger partial charge in [-0.1, -0.05) is 19.9 Å². The molecule has 0 saturated carbocycles. The second kappa shape index (κ2) is 4.56. The van der Waals surface area contributed by atoms with Crippen molar-refractivity contribution in [2.75, 3.05) is 6.54 Å². The number of nitrogens with two attached hydrogens (primary N) is 1. The zero-order valence-electron chi connectivity index (χ0n) is 10.1. The number of nitrogens with zero attached hydrogens (tertiary/aromatic N) is 3. The van der Waals surface area contributed by atoms with E-state index in [4.69, 9.17) is 11.0 Å². The summed E-state index contributed by atoms with van der Waals surface area (Å²) >= 11 is 0. The molecule has 0 radical (unpaired) electrons. The zero-order valence-corrected chi connectivity index (χ0v) is 10.1. The van der Waals surface area contributed by atoms with Crippen molar-refractivity contribution in [3.8, 4) is 6.07 Å². The summed E-state index contributed by atoms with van der Waals surface area (Å²) in [5, 5.41) is 9.08. The monoisotopic (exact) mass is 228 g/mol. The lowest BCUT2D eigenvalue weighted by Crippen LogP contribution is -2.20. The lowest BCUT2D eigenvalue weighted by atomic mass is 9.95. The Labute approximate surface area is 101 Å². The van der Waals surface area contributed by atoms with Gasteiger partial charge in [-0.2, -0.15) is 5.26 Å². The number of nitriles is 1. The topological polar surface area (TPSA) is 67.1 Å². The number of hydrogen-bond donors (Lipinski definition) is 1. The molecule has 4 heteroatoms. The van der Waals surface area contributed by atoms with Crippen LogP contribution >= 0.6 is 0 Å². The zero-order chi connectivity index (χ0) is 12.4. The van der Waals surface area contributed by atoms with E-state index in [9.17, 15) is 0 Å². The molecule has 0 aliphatic carbocycles. The molecule has 0 amide bonds. The molecule has 0 aliphatic rings. The van der Waals surface area contributed by atoms with E-state index in [1.807, 2.05) is 28.8 Å². The molecule has 2 aromatic heterocycles. The first kappa shape index (κ1) is 11.6. The average molecular weight is 228 g/mol. The van der Waals surface area contributed by atoms with Gasteiger partial charge >= 0.3 is 0 Å². The van der Waals surface area contributed by atoms with Gasteiger partial charge in [0.15, 0.2) is 5.69 Å². The molecular formula is C13H16N4. The van der Waals surface area contributed by atoms with Crippen molar-refractivity contribution in [3.05, 3.63) is 35.9 Å². The molecule has 0 bridgehead atoms. The summed E-state index contributed by atoms with van der Waals surface area (Å²) in [5.74, 6) is 1.46. The Morgan fingerprint density at radius 3 is 2.82 bits per heavy atom. The molecule has 0 saturated heterocycles. The van der Waals surface area contributed by atoms with Crippen LogP contribution in [0, 0.1) is 17.2 Å². The van der Waals surface area contributed by atoms with Gasteiger partial charge in [0.1, 0.15) is 11.9 Å². The molecule has 0 aromatic carbocycles. The average Bonchev–Trinajstić information content (AvgIpc) is 2.69. The molecule has 2 aromatic rings. The molecule has 2 N–H and O–H groups in total. The first-order valence-corrected chi connectivity index (χ1v) is 5.76. The second-order valence-electron chi connectivity index (χ2n) is 4.47. The first-order valence-electron chi connectivity index (χ1n) is 5.76. The fourth-order valence-corrected chi connectivity index (χ4v) is 2.08. The van der Waals surface area contributed by atoms with Crippen LogP contribution in [0.5, 0.6) is 0 Å². The van der Waals surface area contributed by atoms with Gasteiger partial charge < -0.3 is 10.1 Å². The van der Waals surface area contributed by atoms with Crippen LogP contribution in [0.15, 0.2) is 24.4 Å². The minimum Gasteiger partial charge on any atom is -0.330 e. The van der Waals surface area contributed by atoms with Crippen LogP contribution in [0.3, 0.4) is 0 Å². The highest BCUT2D eigenvalue weighted by atomic mass is 15.0. The summed E-state index contributed by atoms with van der Waals surface area (Å²) < 4.78 is 1.97. The highest BCUT2D eigenvalue weighted by molar-refractivity contribution is 5.58. The fraction of sp³-hybridized carbons (Fsp3) is 0.385. The quantitative estimate of drug-likeness (QED) is 0.872. The highest BCUT2D eigenvalue weighted by Crippen LogP contribution is 2.24. The van der Waals surface area contributed by atoms with E-state index in [1.165, 1.54) is 0 Å². The number of rotatable bonds is 3. The van der Waals surface area contributed by atoms with Gasteiger partial charge in [-0.05, 0) is 18.1 Å². The van der Waals surface area contributed by atoms with Gasteiger partial charge in [-0.15, -0.1) is 0 Å². The van der Waals surface area contributed by atoms with Gasteiger partial charge in [0.05, 0.1) is 5.52 Å². The third-order valence-corrected chi connectivity index (χ3v) is 3.07. The predicted octanol–water partition coefficient (Wildman–Crippen LogP) is 1.90. The Bertz CT molecular complexity index is 562. The van der Waals surface area contributed by atoms with Crippen LogP contribution in [-0.4, -0.2) is 15.9 Å². The predicted molar refractivity (Wildman–Crippen MR) is 66.5 cm³/mol. The van der Waals surface area contributed by atoms with Crippen LogP contribution in [0.25, 0.3) is 5.52 Å². The van der Waals surface area contributed by atoms with E-state index in [-0.39, 0.29) is 5.92 Å². The van der Waals surface area contributed by atoms with Crippen molar-refractivity contribution in [1.29, 1.82) is 5.26 Å². The van der Waals surface area contributed by atoms with Gasteiger partial charge in [0.25, 0.3) is 0 Å². The number of fused-ring (bicyclic) bond motifs is 1. The normalized spacial score (nSPS) is 12.9. The van der Waals surface area contributed by atoms with Crippen LogP contribution in [0.2, 0.25) is 0 Å². The molecule has 0 spiro atoms. The maximum atomic E-state index is 9.08. The molecule has 0 aliphatic heterocycles. The Hall–Kier alpha value is -1.86. The third kappa shape index (κ3) is 1.90. The molecule has 88 valence electrons. The minimum absolute atomic E-state index is 0.173. The summed E-state index contributed by atoms with van der Waals surface area (Å²) in [6, 6.07) is 7.89. The lowest BCUT2D eigenvalue weighted by Gasteiger charge is -2.17. The summed E-state index contributed by atoms with van der Waals surface area (Å²) in [7, 11) is 0. The van der Waals surface area contributed by atoms with Crippen molar-refractivity contribution in [1.82, 2.24) is 9.38 Å². The molecule has 1 atom stereocenters. The van der Waals surface area contributed by atoms with E-state index in [0.29, 0.717) is 18.2 Å². The summed E-state index contributed by atoms with van der Waals surface area (Å²) in [5.41, 5.74) is 7.13. The summed E-state index contributed by atoms with van der Waals surface area (Å²) in [6.07, 6.45) is 1.93. The van der Waals surface area contributed by atoms with E-state index in [0.717, 1.165) is 11.3 Å². The van der Waals surface area contributed by atoms with E-state index in [2.05, 4.69) is 24.9 Å². The highest BCUT2D eigenvalue weighted by Gasteiger charge is 2.21. The molecule has 2 rings (SSSR count). The van der Waals surface area contributed by atoms with Crippen molar-refractivity contribution in [2.24, 2.45) is 11.7 Å². The largest absolute Gasteiger partial charge is 0.330 e. The van der Waals surface area contributed by atoms with Crippen LogP contribution in [0.4, 0.5) is 0 Å². The molecular weight excluding hydrogens is 212 g/mol. The summed E-state index contributed by atoms with van der Waals surface area (Å²) in [6.45, 7) is 4.78. The lowest BCUT2D eigenvalue weighted by molar-refractivity contribution is 0.482. The number of hydrogen-bond acceptors (Lipinski definition) is 3. The maximum Gasteiger partial charge on any atom is 0.166 e. The first-order chi connectivity index (χ1) is 8.19. The maximum absolute atomic E-state index is 9.08. The van der Waals surface area contributed by atoms with Crippen LogP contribution in [-0.2, 0) is 0 Å². The number of aromatic nitrogens is 2. The second-order valence-corrected chi connectivity index (χ2v) is 4.47. The summed E-state index contributed by atoms with van der Waals surface area (Å²) in [4.78, 5) is 4.42. The minimum atomic E-state index is 0.173. The Morgan fingerprint density at radius 1 is 1.47 bits per heavy atom. The third-order valence-electron chi connectivity index (χ3n) is 3.07. The fourth-order valence-electron chi connectivity index (χ4n) is 2.08. The molecule has 0 fully saturated rings. The molecule has 1 unspecified atom stereocenters. The van der Waals surface area contributed by atoms with Crippen LogP contribution in [0.1, 0.15) is 31.3 Å². The van der Waals surface area contributed by atoms with E-state index >= 15 is 0 Å². The number of pyridine rings is 1. The van der Waals surface area contributed by atoms with Crippen molar-refractivity contribution < 1.29 is 0 Å². The van der Waals surface area contributed by atoms with Gasteiger partial charge in [-0.25, -0.2) is 4.98 Å². The Kier molecular flexibility index (Phi) is 3.12. The number of imidazole rings is 1. The van der Waals surface area contributed by atoms with E-state index < -0.39 is 0 Å². The van der Waals surface area contributed by atoms with Gasteiger partial charge in [0.2, 0.25) is 0 Å². The molecule has 4 nitrogen and oxygen atoms in total. The standard InChI is InChI=1S/C13H16N4/c1-9(2)10(7-14)13-16-11(8-15)12-5-3-4-6-17(12)13/h3-6,9-10H,7,14H2,1-2H3. The Balaban J connectivity index is 2.66. The Morgan fingerprint density at radius 2 is 2.24 bits per heavy atom. The van der Waals surface area contributed by atoms with Crippen molar-refractivity contribution in [2.45, 2.75) is 19.8 Å². The van der Waals surface area contributed by atoms with Gasteiger partial charge in [-0.3, -0.25) is 0 Å². The molecule has 2 heterocycles. The van der Waals surface area contributed by atoms with Crippen molar-refractivity contribution >= 4 is 5.52 Å². The smallest absolute Gasteiger partial charge is 0.166 e. The SMILES string of the molecule is CC(C)C(CN)c1nc(C#N)c2ccccn12. The van der Waals surface area contributed by atoms with E-state index in [1.54, 1.807) is 0 Å². The molecule has 17 heavy (non-hydrogen) atoms. The van der Waals surface area contributed by atoms with Crippen molar-refractivity contribution in [3.63, 3.8) is 0 Å². The van der Waals surface area contributed by atoms with Crippen LogP contribution < -0.4 is 5.73 Å². The van der Waals surface area contributed by atoms with Gasteiger partial charge in [0, 0.05) is 18.7 Å².